The van der Waals surface area contributed by atoms with Crippen LogP contribution in [0.5, 0.6) is 5.75 Å². The Bertz CT molecular complexity index is 1500. The molecule has 0 bridgehead atoms. The molecular weight excluding hydrogens is 476 g/mol. The number of nitrogens with zero attached hydrogens (tertiary/aromatic N) is 6. The summed E-state index contributed by atoms with van der Waals surface area (Å²) in [5.74, 6) is 0.545. The lowest BCUT2D eigenvalue weighted by molar-refractivity contribution is 0.188. The van der Waals surface area contributed by atoms with Crippen molar-refractivity contribution in [3.8, 4) is 17.0 Å². The van der Waals surface area contributed by atoms with Crippen molar-refractivity contribution < 1.29 is 13.5 Å². The SMILES string of the molecule is Cc1nc2c(F)cc(-c3nc(Nc4ccc5c(c4)OC[C@@H]4CN(C)CCN54)ncc3F)cc2n1C(C)C. The molecule has 6 rings (SSSR count). The molecule has 0 amide bonds. The van der Waals surface area contributed by atoms with Gasteiger partial charge in [0.05, 0.1) is 23.4 Å². The average molecular weight is 506 g/mol. The van der Waals surface area contributed by atoms with E-state index in [1.807, 2.05) is 43.5 Å². The first-order valence-electron chi connectivity index (χ1n) is 12.5. The lowest BCUT2D eigenvalue weighted by Crippen LogP contribution is -2.56. The molecule has 2 aromatic carbocycles. The zero-order valence-electron chi connectivity index (χ0n) is 21.3. The van der Waals surface area contributed by atoms with Crippen molar-refractivity contribution in [1.82, 2.24) is 24.4 Å². The van der Waals surface area contributed by atoms with E-state index in [9.17, 15) is 8.78 Å². The van der Waals surface area contributed by atoms with Gasteiger partial charge >= 0.3 is 0 Å². The normalized spacial score (nSPS) is 17.6. The number of ether oxygens (including phenoxy) is 1. The van der Waals surface area contributed by atoms with Crippen LogP contribution in [0.4, 0.5) is 26.1 Å². The largest absolute Gasteiger partial charge is 0.489 e. The molecule has 4 aromatic rings. The number of halogens is 2. The topological polar surface area (TPSA) is 71.3 Å². The lowest BCUT2D eigenvalue weighted by Gasteiger charge is -2.44. The fourth-order valence-electron chi connectivity index (χ4n) is 5.42. The Hall–Kier alpha value is -3.79. The number of likely N-dealkylation sites (N-methyl/N-ethyl adjacent to an activating group) is 1. The van der Waals surface area contributed by atoms with E-state index in [-0.39, 0.29) is 23.2 Å². The first-order valence-corrected chi connectivity index (χ1v) is 12.5. The second kappa shape index (κ2) is 8.95. The zero-order valence-corrected chi connectivity index (χ0v) is 21.3. The molecule has 10 heteroatoms. The van der Waals surface area contributed by atoms with Gasteiger partial charge in [-0.3, -0.25) is 0 Å². The molecule has 4 heterocycles. The first-order chi connectivity index (χ1) is 17.8. The van der Waals surface area contributed by atoms with Crippen LogP contribution in [0.3, 0.4) is 0 Å². The number of piperazine rings is 1. The second-order valence-electron chi connectivity index (χ2n) is 10.1. The Morgan fingerprint density at radius 3 is 2.73 bits per heavy atom. The Balaban J connectivity index is 1.32. The lowest BCUT2D eigenvalue weighted by atomic mass is 10.1. The van der Waals surface area contributed by atoms with Crippen molar-refractivity contribution in [1.29, 1.82) is 0 Å². The van der Waals surface area contributed by atoms with Crippen LogP contribution in [0.1, 0.15) is 25.7 Å². The van der Waals surface area contributed by atoms with Gasteiger partial charge in [0.15, 0.2) is 11.6 Å². The Morgan fingerprint density at radius 2 is 1.92 bits per heavy atom. The fourth-order valence-corrected chi connectivity index (χ4v) is 5.42. The number of aromatic nitrogens is 4. The van der Waals surface area contributed by atoms with Gasteiger partial charge in [-0.1, -0.05) is 0 Å². The summed E-state index contributed by atoms with van der Waals surface area (Å²) in [7, 11) is 2.13. The van der Waals surface area contributed by atoms with Gasteiger partial charge in [0.25, 0.3) is 0 Å². The van der Waals surface area contributed by atoms with E-state index >= 15 is 0 Å². The van der Waals surface area contributed by atoms with E-state index in [1.54, 1.807) is 6.07 Å². The summed E-state index contributed by atoms with van der Waals surface area (Å²) in [4.78, 5) is 17.6. The fraction of sp³-hybridized carbons (Fsp3) is 0.370. The zero-order chi connectivity index (χ0) is 25.8. The van der Waals surface area contributed by atoms with Crippen LogP contribution in [0.15, 0.2) is 36.5 Å². The number of hydrogen-bond donors (Lipinski definition) is 1. The summed E-state index contributed by atoms with van der Waals surface area (Å²) in [5.41, 5.74) is 2.99. The maximum absolute atomic E-state index is 15.0. The van der Waals surface area contributed by atoms with Crippen molar-refractivity contribution >= 4 is 28.4 Å². The Labute approximate surface area is 213 Å². The highest BCUT2D eigenvalue weighted by Crippen LogP contribution is 2.38. The molecule has 37 heavy (non-hydrogen) atoms. The average Bonchev–Trinajstić information content (AvgIpc) is 3.21. The smallest absolute Gasteiger partial charge is 0.227 e. The third kappa shape index (κ3) is 4.15. The van der Waals surface area contributed by atoms with E-state index in [0.29, 0.717) is 29.6 Å². The summed E-state index contributed by atoms with van der Waals surface area (Å²) < 4.78 is 37.9. The number of rotatable bonds is 4. The highest BCUT2D eigenvalue weighted by atomic mass is 19.1. The van der Waals surface area contributed by atoms with Gasteiger partial charge in [0, 0.05) is 43.0 Å². The Kier molecular flexibility index (Phi) is 5.71. The summed E-state index contributed by atoms with van der Waals surface area (Å²) in [6.07, 6.45) is 1.10. The summed E-state index contributed by atoms with van der Waals surface area (Å²) in [6.45, 7) is 9.37. The molecule has 2 aromatic heterocycles. The van der Waals surface area contributed by atoms with Crippen molar-refractivity contribution in [2.75, 3.05) is 43.5 Å². The molecule has 1 N–H and O–H groups in total. The molecule has 0 spiro atoms. The summed E-state index contributed by atoms with van der Waals surface area (Å²) in [6, 6.07) is 9.27. The van der Waals surface area contributed by atoms with Gasteiger partial charge in [-0.05, 0) is 52.1 Å². The highest BCUT2D eigenvalue weighted by molar-refractivity contribution is 5.83. The van der Waals surface area contributed by atoms with Gasteiger partial charge in [-0.15, -0.1) is 0 Å². The predicted molar refractivity (Wildman–Crippen MR) is 140 cm³/mol. The molecule has 0 radical (unpaired) electrons. The molecule has 8 nitrogen and oxygen atoms in total. The molecule has 2 aliphatic rings. The molecule has 0 unspecified atom stereocenters. The molecular formula is C27H29F2N7O. The van der Waals surface area contributed by atoms with Gasteiger partial charge < -0.3 is 24.4 Å². The minimum absolute atomic E-state index is 0.0157. The first kappa shape index (κ1) is 23.6. The number of imidazole rings is 1. The maximum atomic E-state index is 15.0. The third-order valence-electron chi connectivity index (χ3n) is 7.10. The molecule has 1 saturated heterocycles. The maximum Gasteiger partial charge on any atom is 0.227 e. The van der Waals surface area contributed by atoms with Crippen LogP contribution >= 0.6 is 0 Å². The van der Waals surface area contributed by atoms with E-state index in [2.05, 4.69) is 37.1 Å². The minimum atomic E-state index is -0.633. The second-order valence-corrected chi connectivity index (χ2v) is 10.1. The van der Waals surface area contributed by atoms with E-state index in [1.165, 1.54) is 6.07 Å². The van der Waals surface area contributed by atoms with Crippen LogP contribution in [-0.4, -0.2) is 63.7 Å². The standard InChI is InChI=1S/C27H29F2N7O/c1-15(2)36-16(3)31-26-20(28)9-17(10-23(26)36)25-21(29)12-30-27(33-25)32-18-5-6-22-24(11-18)37-14-19-13-34(4)7-8-35(19)22/h5-6,9-12,15,19H,7-8,13-14H2,1-4H3,(H,30,32,33)/t19-/m0/s1. The molecule has 2 aliphatic heterocycles. The van der Waals surface area contributed by atoms with Gasteiger partial charge in [-0.25, -0.2) is 23.7 Å². The van der Waals surface area contributed by atoms with Gasteiger partial charge in [0.1, 0.15) is 29.4 Å². The molecule has 0 saturated carbocycles. The number of aryl methyl sites for hydroxylation is 1. The van der Waals surface area contributed by atoms with Crippen LogP contribution in [0, 0.1) is 18.6 Å². The Morgan fingerprint density at radius 1 is 1.08 bits per heavy atom. The molecule has 1 fully saturated rings. The molecule has 1 atom stereocenters. The van der Waals surface area contributed by atoms with Crippen LogP contribution in [0.2, 0.25) is 0 Å². The van der Waals surface area contributed by atoms with Crippen molar-refractivity contribution in [3.63, 3.8) is 0 Å². The minimum Gasteiger partial charge on any atom is -0.489 e. The molecule has 0 aliphatic carbocycles. The van der Waals surface area contributed by atoms with E-state index in [4.69, 9.17) is 4.74 Å². The summed E-state index contributed by atoms with van der Waals surface area (Å²) in [5, 5.41) is 3.15. The molecule has 192 valence electrons. The monoisotopic (exact) mass is 505 g/mol. The van der Waals surface area contributed by atoms with Crippen molar-refractivity contribution in [3.05, 3.63) is 54.0 Å². The number of benzene rings is 2. The third-order valence-corrected chi connectivity index (χ3v) is 7.10. The quantitative estimate of drug-likeness (QED) is 0.422. The van der Waals surface area contributed by atoms with Gasteiger partial charge in [0.2, 0.25) is 5.95 Å². The van der Waals surface area contributed by atoms with Crippen molar-refractivity contribution in [2.45, 2.75) is 32.9 Å². The van der Waals surface area contributed by atoms with E-state index < -0.39 is 11.6 Å². The number of fused-ring (bicyclic) bond motifs is 4. The number of anilines is 3. The van der Waals surface area contributed by atoms with Crippen molar-refractivity contribution in [2.24, 2.45) is 0 Å². The number of nitrogens with one attached hydrogen (secondary N) is 1. The predicted octanol–water partition coefficient (Wildman–Crippen LogP) is 4.92. The van der Waals surface area contributed by atoms with Crippen LogP contribution < -0.4 is 15.0 Å². The number of hydrogen-bond acceptors (Lipinski definition) is 7. The summed E-state index contributed by atoms with van der Waals surface area (Å²) >= 11 is 0. The van der Waals surface area contributed by atoms with Crippen LogP contribution in [-0.2, 0) is 0 Å². The van der Waals surface area contributed by atoms with Gasteiger partial charge in [-0.2, -0.15) is 0 Å². The van der Waals surface area contributed by atoms with E-state index in [0.717, 1.165) is 43.0 Å². The highest BCUT2D eigenvalue weighted by Gasteiger charge is 2.31. The van der Waals surface area contributed by atoms with Crippen LogP contribution in [0.25, 0.3) is 22.3 Å².